The molecule has 0 saturated carbocycles. The second-order valence-corrected chi connectivity index (χ2v) is 7.19. The first-order chi connectivity index (χ1) is 14.0. The molecule has 1 aromatic heterocycles. The highest BCUT2D eigenvalue weighted by atomic mass is 16.3. The molecule has 7 heteroatoms. The van der Waals surface area contributed by atoms with Gasteiger partial charge in [-0.3, -0.25) is 14.2 Å². The van der Waals surface area contributed by atoms with E-state index in [1.165, 1.54) is 0 Å². The molecule has 0 saturated heterocycles. The van der Waals surface area contributed by atoms with Crippen LogP contribution in [0.1, 0.15) is 47.1 Å². The van der Waals surface area contributed by atoms with Gasteiger partial charge in [0, 0.05) is 24.1 Å². The minimum absolute atomic E-state index is 0.0596. The summed E-state index contributed by atoms with van der Waals surface area (Å²) >= 11 is 0. The third kappa shape index (κ3) is 3.51. The predicted molar refractivity (Wildman–Crippen MR) is 111 cm³/mol. The predicted octanol–water partition coefficient (Wildman–Crippen LogP) is 2.90. The molecule has 0 radical (unpaired) electrons. The van der Waals surface area contributed by atoms with Crippen molar-refractivity contribution < 1.29 is 9.90 Å². The quantitative estimate of drug-likeness (QED) is 0.529. The van der Waals surface area contributed by atoms with Gasteiger partial charge in [0.15, 0.2) is 0 Å². The van der Waals surface area contributed by atoms with Crippen LogP contribution in [0.4, 0.5) is 0 Å². The molecule has 2 heterocycles. The maximum Gasteiger partial charge on any atom is 0.271 e. The van der Waals surface area contributed by atoms with Crippen LogP contribution in [-0.2, 0) is 13.0 Å². The van der Waals surface area contributed by atoms with Gasteiger partial charge in [-0.25, -0.2) is 10.4 Å². The monoisotopic (exact) mass is 390 g/mol. The van der Waals surface area contributed by atoms with E-state index in [1.54, 1.807) is 28.8 Å². The fourth-order valence-corrected chi connectivity index (χ4v) is 3.62. The Bertz CT molecular complexity index is 1210. The molecule has 0 atom stereocenters. The molecular formula is C22H22N4O3. The Labute approximate surface area is 167 Å². The number of aromatic nitrogens is 2. The summed E-state index contributed by atoms with van der Waals surface area (Å²) in [5.41, 5.74) is 5.55. The maximum absolute atomic E-state index is 12.6. The van der Waals surface area contributed by atoms with Gasteiger partial charge in [-0.2, -0.15) is 5.10 Å². The van der Waals surface area contributed by atoms with Crippen LogP contribution >= 0.6 is 0 Å². The number of nitrogens with one attached hydrogen (secondary N) is 1. The van der Waals surface area contributed by atoms with Crippen molar-refractivity contribution in [3.05, 3.63) is 69.3 Å². The number of benzene rings is 2. The average Bonchev–Trinajstić information content (AvgIpc) is 3.19. The van der Waals surface area contributed by atoms with Gasteiger partial charge in [0.1, 0.15) is 11.6 Å². The Morgan fingerprint density at radius 3 is 2.90 bits per heavy atom. The summed E-state index contributed by atoms with van der Waals surface area (Å²) in [5.74, 6) is 0.489. The Hall–Kier alpha value is -3.48. The van der Waals surface area contributed by atoms with E-state index in [9.17, 15) is 14.7 Å². The number of hydrogen-bond acceptors (Lipinski definition) is 5. The first-order valence-corrected chi connectivity index (χ1v) is 9.68. The topological polar surface area (TPSA) is 96.6 Å². The molecular weight excluding hydrogens is 368 g/mol. The SMILES string of the molecule is CC/C(=N\NC(=O)c1ccc2c(=O)n3c(nc2c1)CCC3)c1cc(C)ccc1O. The lowest BCUT2D eigenvalue weighted by Crippen LogP contribution is -2.22. The molecule has 2 aromatic carbocycles. The van der Waals surface area contributed by atoms with Crippen LogP contribution in [-0.4, -0.2) is 26.3 Å². The number of amides is 1. The highest BCUT2D eigenvalue weighted by Crippen LogP contribution is 2.20. The zero-order valence-corrected chi connectivity index (χ0v) is 16.4. The Morgan fingerprint density at radius 1 is 1.28 bits per heavy atom. The minimum Gasteiger partial charge on any atom is -0.507 e. The molecule has 0 fully saturated rings. The Morgan fingerprint density at radius 2 is 2.10 bits per heavy atom. The Kier molecular flexibility index (Phi) is 4.88. The largest absolute Gasteiger partial charge is 0.507 e. The summed E-state index contributed by atoms with van der Waals surface area (Å²) < 4.78 is 1.70. The van der Waals surface area contributed by atoms with E-state index in [0.717, 1.165) is 24.2 Å². The molecule has 0 bridgehead atoms. The molecule has 3 aromatic rings. The number of phenols is 1. The standard InChI is InChI=1S/C22H22N4O3/c1-3-17(16-11-13(2)6-9-19(16)27)24-25-21(28)14-7-8-15-18(12-14)23-20-5-4-10-26(20)22(15)29/h6-9,11-12,27H,3-5,10H2,1-2H3,(H,25,28)/b24-17+. The fraction of sp³-hybridized carbons (Fsp3) is 0.273. The second kappa shape index (κ2) is 7.50. The van der Waals surface area contributed by atoms with Crippen LogP contribution in [0.25, 0.3) is 10.9 Å². The molecule has 148 valence electrons. The third-order valence-corrected chi connectivity index (χ3v) is 5.17. The van der Waals surface area contributed by atoms with Gasteiger partial charge >= 0.3 is 0 Å². The van der Waals surface area contributed by atoms with Crippen LogP contribution in [0.5, 0.6) is 5.75 Å². The van der Waals surface area contributed by atoms with Gasteiger partial charge in [0.2, 0.25) is 0 Å². The van der Waals surface area contributed by atoms with Crippen molar-refractivity contribution in [1.29, 1.82) is 0 Å². The number of hydrogen-bond donors (Lipinski definition) is 2. The van der Waals surface area contributed by atoms with Crippen LogP contribution in [0.2, 0.25) is 0 Å². The zero-order chi connectivity index (χ0) is 20.5. The molecule has 29 heavy (non-hydrogen) atoms. The number of carbonyl (C=O) groups is 1. The minimum atomic E-state index is -0.396. The highest BCUT2D eigenvalue weighted by molar-refractivity contribution is 6.04. The van der Waals surface area contributed by atoms with Crippen molar-refractivity contribution in [3.63, 3.8) is 0 Å². The van der Waals surface area contributed by atoms with Gasteiger partial charge in [-0.05, 0) is 50.1 Å². The normalized spacial score (nSPS) is 13.5. The lowest BCUT2D eigenvalue weighted by Gasteiger charge is -2.09. The molecule has 1 amide bonds. The van der Waals surface area contributed by atoms with Crippen molar-refractivity contribution in [2.45, 2.75) is 39.7 Å². The number of fused-ring (bicyclic) bond motifs is 2. The summed E-state index contributed by atoms with van der Waals surface area (Å²) in [6.07, 6.45) is 2.22. The van der Waals surface area contributed by atoms with Crippen molar-refractivity contribution in [3.8, 4) is 5.75 Å². The molecule has 7 nitrogen and oxygen atoms in total. The second-order valence-electron chi connectivity index (χ2n) is 7.19. The number of rotatable bonds is 4. The van der Waals surface area contributed by atoms with E-state index >= 15 is 0 Å². The van der Waals surface area contributed by atoms with Gasteiger partial charge in [-0.15, -0.1) is 0 Å². The van der Waals surface area contributed by atoms with Gasteiger partial charge in [0.05, 0.1) is 16.6 Å². The summed E-state index contributed by atoms with van der Waals surface area (Å²) in [7, 11) is 0. The van der Waals surface area contributed by atoms with Crippen molar-refractivity contribution in [1.82, 2.24) is 15.0 Å². The zero-order valence-electron chi connectivity index (χ0n) is 16.4. The first kappa shape index (κ1) is 18.9. The van der Waals surface area contributed by atoms with Crippen molar-refractivity contribution in [2.24, 2.45) is 5.10 Å². The van der Waals surface area contributed by atoms with E-state index in [1.807, 2.05) is 26.0 Å². The summed E-state index contributed by atoms with van der Waals surface area (Å²) in [6, 6.07) is 10.1. The molecule has 1 aliphatic rings. The van der Waals surface area contributed by atoms with Crippen molar-refractivity contribution >= 4 is 22.5 Å². The smallest absolute Gasteiger partial charge is 0.271 e. The third-order valence-electron chi connectivity index (χ3n) is 5.17. The molecule has 0 spiro atoms. The van der Waals surface area contributed by atoms with Gasteiger partial charge in [-0.1, -0.05) is 18.6 Å². The summed E-state index contributed by atoms with van der Waals surface area (Å²) in [6.45, 7) is 4.52. The molecule has 0 aliphatic carbocycles. The van der Waals surface area contributed by atoms with E-state index in [4.69, 9.17) is 0 Å². The van der Waals surface area contributed by atoms with E-state index in [0.29, 0.717) is 40.7 Å². The van der Waals surface area contributed by atoms with Gasteiger partial charge in [0.25, 0.3) is 11.5 Å². The van der Waals surface area contributed by atoms with Crippen LogP contribution < -0.4 is 11.0 Å². The van der Waals surface area contributed by atoms with E-state index in [-0.39, 0.29) is 11.3 Å². The summed E-state index contributed by atoms with van der Waals surface area (Å²) in [4.78, 5) is 29.7. The number of aryl methyl sites for hydroxylation is 2. The lowest BCUT2D eigenvalue weighted by molar-refractivity contribution is 0.0955. The van der Waals surface area contributed by atoms with Crippen LogP contribution in [0.15, 0.2) is 46.3 Å². The number of carbonyl (C=O) groups excluding carboxylic acids is 1. The summed E-state index contributed by atoms with van der Waals surface area (Å²) in [5, 5.41) is 14.8. The van der Waals surface area contributed by atoms with Crippen LogP contribution in [0.3, 0.4) is 0 Å². The average molecular weight is 390 g/mol. The van der Waals surface area contributed by atoms with E-state index in [2.05, 4.69) is 15.5 Å². The molecule has 0 unspecified atom stereocenters. The van der Waals surface area contributed by atoms with Crippen LogP contribution in [0, 0.1) is 6.92 Å². The molecule has 1 aliphatic heterocycles. The highest BCUT2D eigenvalue weighted by Gasteiger charge is 2.17. The first-order valence-electron chi connectivity index (χ1n) is 9.68. The fourth-order valence-electron chi connectivity index (χ4n) is 3.62. The number of aromatic hydroxyl groups is 1. The lowest BCUT2D eigenvalue weighted by atomic mass is 10.0. The van der Waals surface area contributed by atoms with Crippen molar-refractivity contribution in [2.75, 3.05) is 0 Å². The Balaban J connectivity index is 1.63. The maximum atomic E-state index is 12.6. The number of phenolic OH excluding ortho intramolecular Hbond substituents is 1. The number of nitrogens with zero attached hydrogens (tertiary/aromatic N) is 3. The number of hydrazone groups is 1. The molecule has 4 rings (SSSR count). The van der Waals surface area contributed by atoms with E-state index < -0.39 is 5.91 Å². The molecule has 2 N–H and O–H groups in total. The van der Waals surface area contributed by atoms with Gasteiger partial charge < -0.3 is 5.11 Å².